The van der Waals surface area contributed by atoms with Crippen LogP contribution in [-0.4, -0.2) is 37.5 Å². The average Bonchev–Trinajstić information content (AvgIpc) is 3.11. The minimum Gasteiger partial charge on any atom is -0.378 e. The van der Waals surface area contributed by atoms with Gasteiger partial charge in [-0.15, -0.1) is 11.3 Å². The number of anilines is 2. The minimum atomic E-state index is 0.676. The molecule has 1 fully saturated rings. The fourth-order valence-corrected chi connectivity index (χ4v) is 3.85. The topological polar surface area (TPSA) is 49.8 Å². The van der Waals surface area contributed by atoms with E-state index >= 15 is 0 Å². The second-order valence-corrected chi connectivity index (χ2v) is 7.20. The van der Waals surface area contributed by atoms with Gasteiger partial charge in [-0.2, -0.15) is 5.10 Å². The van der Waals surface area contributed by atoms with E-state index in [4.69, 9.17) is 16.3 Å². The fraction of sp³-hybridized carbons (Fsp3) is 0.222. The molecule has 5 nitrogen and oxygen atoms in total. The SMILES string of the molecule is Clc1ccc2c(N/N=C/c3ccc(N4CCOCC4)s3)ccnc2c1. The van der Waals surface area contributed by atoms with Gasteiger partial charge in [0.15, 0.2) is 0 Å². The molecule has 0 amide bonds. The predicted octanol–water partition coefficient (Wildman–Crippen LogP) is 4.23. The van der Waals surface area contributed by atoms with Crippen molar-refractivity contribution >= 4 is 50.7 Å². The largest absolute Gasteiger partial charge is 0.378 e. The van der Waals surface area contributed by atoms with Crippen LogP contribution in [0.1, 0.15) is 4.88 Å². The summed E-state index contributed by atoms with van der Waals surface area (Å²) in [6.45, 7) is 3.48. The maximum Gasteiger partial charge on any atom is 0.0916 e. The number of ether oxygens (including phenoxy) is 1. The zero-order valence-corrected chi connectivity index (χ0v) is 15.1. The van der Waals surface area contributed by atoms with Crippen molar-refractivity contribution in [1.82, 2.24) is 4.98 Å². The van der Waals surface area contributed by atoms with Crippen LogP contribution >= 0.6 is 22.9 Å². The van der Waals surface area contributed by atoms with Crippen LogP contribution in [0.15, 0.2) is 47.7 Å². The van der Waals surface area contributed by atoms with E-state index in [1.165, 1.54) is 5.00 Å². The van der Waals surface area contributed by atoms with Crippen LogP contribution in [0.25, 0.3) is 10.9 Å². The van der Waals surface area contributed by atoms with Crippen LogP contribution in [0.3, 0.4) is 0 Å². The summed E-state index contributed by atoms with van der Waals surface area (Å²) in [7, 11) is 0. The van der Waals surface area contributed by atoms with Crippen molar-refractivity contribution in [3.8, 4) is 0 Å². The summed E-state index contributed by atoms with van der Waals surface area (Å²) in [6.07, 6.45) is 3.59. The Morgan fingerprint density at radius 1 is 1.20 bits per heavy atom. The highest BCUT2D eigenvalue weighted by molar-refractivity contribution is 7.17. The van der Waals surface area contributed by atoms with Gasteiger partial charge in [-0.1, -0.05) is 11.6 Å². The number of halogens is 1. The molecule has 1 N–H and O–H groups in total. The zero-order valence-electron chi connectivity index (χ0n) is 13.5. The summed E-state index contributed by atoms with van der Waals surface area (Å²) < 4.78 is 5.40. The molecule has 3 aromatic rings. The number of aromatic nitrogens is 1. The van der Waals surface area contributed by atoms with Gasteiger partial charge in [0.05, 0.1) is 35.6 Å². The molecular weight excluding hydrogens is 356 g/mol. The molecule has 1 aliphatic heterocycles. The molecule has 0 aliphatic carbocycles. The molecule has 0 saturated carbocycles. The molecule has 4 rings (SSSR count). The summed E-state index contributed by atoms with van der Waals surface area (Å²) >= 11 is 7.75. The van der Waals surface area contributed by atoms with Gasteiger partial charge >= 0.3 is 0 Å². The second-order valence-electron chi connectivity index (χ2n) is 5.67. The smallest absolute Gasteiger partial charge is 0.0916 e. The Bertz CT molecular complexity index is 905. The first-order chi connectivity index (χ1) is 12.3. The summed E-state index contributed by atoms with van der Waals surface area (Å²) in [5.41, 5.74) is 4.86. The standard InChI is InChI=1S/C18H17ClN4OS/c19-13-1-3-15-16(5-6-20-17(15)11-13)22-21-12-14-2-4-18(25-14)23-7-9-24-10-8-23/h1-6,11-12H,7-10H2,(H,20,22)/b21-12+. The molecule has 1 saturated heterocycles. The molecule has 0 radical (unpaired) electrons. The average molecular weight is 373 g/mol. The molecule has 3 heterocycles. The molecule has 0 bridgehead atoms. The Balaban J connectivity index is 1.47. The van der Waals surface area contributed by atoms with E-state index in [0.717, 1.165) is 47.8 Å². The van der Waals surface area contributed by atoms with Crippen molar-refractivity contribution in [3.63, 3.8) is 0 Å². The molecule has 0 spiro atoms. The van der Waals surface area contributed by atoms with E-state index < -0.39 is 0 Å². The molecule has 0 atom stereocenters. The number of fused-ring (bicyclic) bond motifs is 1. The van der Waals surface area contributed by atoms with Crippen molar-refractivity contribution in [2.24, 2.45) is 5.10 Å². The predicted molar refractivity (Wildman–Crippen MR) is 105 cm³/mol. The highest BCUT2D eigenvalue weighted by Crippen LogP contribution is 2.26. The molecule has 128 valence electrons. The van der Waals surface area contributed by atoms with Gasteiger partial charge in [0.2, 0.25) is 0 Å². The summed E-state index contributed by atoms with van der Waals surface area (Å²) in [4.78, 5) is 7.79. The van der Waals surface area contributed by atoms with Crippen molar-refractivity contribution in [2.45, 2.75) is 0 Å². The number of hydrogen-bond acceptors (Lipinski definition) is 6. The van der Waals surface area contributed by atoms with E-state index in [9.17, 15) is 0 Å². The Morgan fingerprint density at radius 3 is 2.96 bits per heavy atom. The fourth-order valence-electron chi connectivity index (χ4n) is 2.75. The molecule has 1 aliphatic rings. The number of pyridine rings is 1. The Morgan fingerprint density at radius 2 is 2.08 bits per heavy atom. The van der Waals surface area contributed by atoms with Crippen LogP contribution in [-0.2, 0) is 4.74 Å². The molecule has 2 aromatic heterocycles. The minimum absolute atomic E-state index is 0.676. The Kier molecular flexibility index (Phi) is 4.83. The third kappa shape index (κ3) is 3.76. The lowest BCUT2D eigenvalue weighted by Crippen LogP contribution is -2.35. The van der Waals surface area contributed by atoms with Crippen LogP contribution in [0, 0.1) is 0 Å². The lowest BCUT2D eigenvalue weighted by molar-refractivity contribution is 0.123. The van der Waals surface area contributed by atoms with Gasteiger partial charge in [0.25, 0.3) is 0 Å². The van der Waals surface area contributed by atoms with E-state index in [2.05, 4.69) is 32.5 Å². The molecule has 7 heteroatoms. The van der Waals surface area contributed by atoms with Crippen molar-refractivity contribution in [1.29, 1.82) is 0 Å². The number of benzene rings is 1. The second kappa shape index (κ2) is 7.39. The van der Waals surface area contributed by atoms with Crippen molar-refractivity contribution < 1.29 is 4.74 Å². The quantitative estimate of drug-likeness (QED) is 0.550. The maximum atomic E-state index is 6.02. The lowest BCUT2D eigenvalue weighted by Gasteiger charge is -2.27. The van der Waals surface area contributed by atoms with Gasteiger partial charge in [-0.25, -0.2) is 0 Å². The van der Waals surface area contributed by atoms with E-state index in [0.29, 0.717) is 5.02 Å². The lowest BCUT2D eigenvalue weighted by atomic mass is 10.2. The van der Waals surface area contributed by atoms with E-state index in [1.807, 2.05) is 30.5 Å². The highest BCUT2D eigenvalue weighted by atomic mass is 35.5. The first-order valence-corrected chi connectivity index (χ1v) is 9.25. The number of morpholine rings is 1. The first-order valence-electron chi connectivity index (χ1n) is 8.05. The monoisotopic (exact) mass is 372 g/mol. The summed E-state index contributed by atoms with van der Waals surface area (Å²) in [6, 6.07) is 11.8. The Hall–Kier alpha value is -2.15. The summed E-state index contributed by atoms with van der Waals surface area (Å²) in [5, 5.41) is 7.30. The molecular formula is C18H17ClN4OS. The number of nitrogens with zero attached hydrogens (tertiary/aromatic N) is 3. The first kappa shape index (κ1) is 16.3. The van der Waals surface area contributed by atoms with E-state index in [1.54, 1.807) is 17.5 Å². The maximum absolute atomic E-state index is 6.02. The van der Waals surface area contributed by atoms with Crippen molar-refractivity contribution in [2.75, 3.05) is 36.6 Å². The molecule has 25 heavy (non-hydrogen) atoms. The van der Waals surface area contributed by atoms with Gasteiger partial charge in [-0.3, -0.25) is 10.4 Å². The number of nitrogens with one attached hydrogen (secondary N) is 1. The van der Waals surface area contributed by atoms with Crippen LogP contribution < -0.4 is 10.3 Å². The highest BCUT2D eigenvalue weighted by Gasteiger charge is 2.12. The van der Waals surface area contributed by atoms with Gasteiger partial charge < -0.3 is 9.64 Å². The Labute approximate surface area is 154 Å². The van der Waals surface area contributed by atoms with Crippen LogP contribution in [0.5, 0.6) is 0 Å². The van der Waals surface area contributed by atoms with Gasteiger partial charge in [-0.05, 0) is 36.4 Å². The van der Waals surface area contributed by atoms with E-state index in [-0.39, 0.29) is 0 Å². The molecule has 1 aromatic carbocycles. The van der Waals surface area contributed by atoms with Crippen LogP contribution in [0.2, 0.25) is 5.02 Å². The van der Waals surface area contributed by atoms with Gasteiger partial charge in [0, 0.05) is 34.6 Å². The van der Waals surface area contributed by atoms with Gasteiger partial charge in [0.1, 0.15) is 0 Å². The van der Waals surface area contributed by atoms with Crippen molar-refractivity contribution in [3.05, 3.63) is 52.5 Å². The number of thiophene rings is 1. The third-order valence-corrected chi connectivity index (χ3v) is 5.33. The molecule has 0 unspecified atom stereocenters. The summed E-state index contributed by atoms with van der Waals surface area (Å²) in [5.74, 6) is 0. The zero-order chi connectivity index (χ0) is 17.1. The number of hydrazone groups is 1. The number of hydrogen-bond donors (Lipinski definition) is 1. The third-order valence-electron chi connectivity index (χ3n) is 4.02. The van der Waals surface area contributed by atoms with Crippen LogP contribution in [0.4, 0.5) is 10.7 Å². The normalized spacial score (nSPS) is 15.2. The number of rotatable bonds is 4.